The minimum absolute atomic E-state index is 0.0351. The molecule has 0 aromatic heterocycles. The summed E-state index contributed by atoms with van der Waals surface area (Å²) in [5, 5.41) is 15.2. The van der Waals surface area contributed by atoms with Crippen molar-refractivity contribution in [3.63, 3.8) is 0 Å². The molecule has 3 N–H and O–H groups in total. The van der Waals surface area contributed by atoms with Crippen molar-refractivity contribution < 1.29 is 9.90 Å². The lowest BCUT2D eigenvalue weighted by atomic mass is 9.86. The van der Waals surface area contributed by atoms with Crippen LogP contribution in [-0.4, -0.2) is 23.8 Å². The van der Waals surface area contributed by atoms with E-state index in [-0.39, 0.29) is 24.1 Å². The third kappa shape index (κ3) is 3.48. The summed E-state index contributed by atoms with van der Waals surface area (Å²) in [5.41, 5.74) is 0.557. The van der Waals surface area contributed by atoms with Crippen LogP contribution in [0.1, 0.15) is 26.2 Å². The van der Waals surface area contributed by atoms with Crippen LogP contribution < -0.4 is 10.6 Å². The Balaban J connectivity index is 1.92. The molecule has 0 bridgehead atoms. The number of hydrogen-bond acceptors (Lipinski definition) is 2. The smallest absolute Gasteiger partial charge is 0.319 e. The lowest BCUT2D eigenvalue weighted by molar-refractivity contribution is 0.122. The maximum Gasteiger partial charge on any atom is 0.319 e. The first-order valence-electron chi connectivity index (χ1n) is 6.47. The number of anilines is 1. The first kappa shape index (κ1) is 14.3. The molecule has 2 atom stereocenters. The largest absolute Gasteiger partial charge is 0.396 e. The first-order chi connectivity index (χ1) is 9.03. The van der Waals surface area contributed by atoms with E-state index in [1.807, 2.05) is 31.2 Å². The minimum atomic E-state index is -0.214. The zero-order valence-electron chi connectivity index (χ0n) is 10.9. The number of aliphatic hydroxyl groups excluding tert-OH is 1. The van der Waals surface area contributed by atoms with Gasteiger partial charge in [-0.25, -0.2) is 4.79 Å². The summed E-state index contributed by atoms with van der Waals surface area (Å²) < 4.78 is 0.974. The number of hydrogen-bond donors (Lipinski definition) is 3. The average Bonchev–Trinajstić information content (AvgIpc) is 2.74. The van der Waals surface area contributed by atoms with E-state index in [2.05, 4.69) is 26.6 Å². The van der Waals surface area contributed by atoms with E-state index < -0.39 is 0 Å². The Labute approximate surface area is 121 Å². The third-order valence-electron chi connectivity index (χ3n) is 3.85. The van der Waals surface area contributed by atoms with E-state index in [9.17, 15) is 9.90 Å². The van der Waals surface area contributed by atoms with Gasteiger partial charge >= 0.3 is 6.03 Å². The van der Waals surface area contributed by atoms with Crippen molar-refractivity contribution in [1.82, 2.24) is 5.32 Å². The van der Waals surface area contributed by atoms with Gasteiger partial charge in [-0.2, -0.15) is 0 Å². The summed E-state index contributed by atoms with van der Waals surface area (Å²) in [6.07, 6.45) is 2.91. The Morgan fingerprint density at radius 2 is 2.16 bits per heavy atom. The van der Waals surface area contributed by atoms with Crippen molar-refractivity contribution >= 4 is 27.6 Å². The van der Waals surface area contributed by atoms with Crippen LogP contribution in [0.25, 0.3) is 0 Å². The van der Waals surface area contributed by atoms with Crippen molar-refractivity contribution in [3.05, 3.63) is 28.7 Å². The van der Waals surface area contributed by atoms with E-state index >= 15 is 0 Å². The molecule has 0 radical (unpaired) electrons. The molecular weight excluding hydrogens is 308 g/mol. The molecular formula is C14H19BrN2O2. The van der Waals surface area contributed by atoms with Crippen molar-refractivity contribution in [3.8, 4) is 0 Å². The van der Waals surface area contributed by atoms with Gasteiger partial charge in [-0.1, -0.05) is 29.3 Å². The first-order valence-corrected chi connectivity index (χ1v) is 7.27. The maximum absolute atomic E-state index is 11.9. The summed E-state index contributed by atoms with van der Waals surface area (Å²) in [5.74, 6) is 0. The van der Waals surface area contributed by atoms with Gasteiger partial charge in [0.2, 0.25) is 0 Å². The van der Waals surface area contributed by atoms with E-state index in [1.165, 1.54) is 0 Å². The summed E-state index contributed by atoms with van der Waals surface area (Å²) in [6.45, 7) is 2.13. The van der Waals surface area contributed by atoms with E-state index in [0.29, 0.717) is 0 Å². The Hall–Kier alpha value is -1.07. The highest BCUT2D eigenvalue weighted by Gasteiger charge is 2.39. The molecule has 1 aromatic carbocycles. The molecule has 4 nitrogen and oxygen atoms in total. The normalized spacial score (nSPS) is 26.2. The van der Waals surface area contributed by atoms with E-state index in [1.54, 1.807) is 0 Å². The highest BCUT2D eigenvalue weighted by atomic mass is 79.9. The number of benzene rings is 1. The van der Waals surface area contributed by atoms with Crippen LogP contribution in [0, 0.1) is 5.41 Å². The number of urea groups is 1. The summed E-state index contributed by atoms with van der Waals surface area (Å²) >= 11 is 3.35. The standard InChI is InChI=1S/C14H19BrN2O2/c1-14(9-18)8-2-3-12(14)17-13(19)16-11-6-4-10(15)5-7-11/h4-7,12,18H,2-3,8-9H2,1H3,(H2,16,17,19). The Morgan fingerprint density at radius 3 is 2.79 bits per heavy atom. The minimum Gasteiger partial charge on any atom is -0.396 e. The monoisotopic (exact) mass is 326 g/mol. The van der Waals surface area contributed by atoms with Gasteiger partial charge in [-0.05, 0) is 37.1 Å². The highest BCUT2D eigenvalue weighted by Crippen LogP contribution is 2.37. The molecule has 0 saturated heterocycles. The van der Waals surface area contributed by atoms with Gasteiger partial charge in [-0.15, -0.1) is 0 Å². The van der Waals surface area contributed by atoms with Crippen LogP contribution in [0.3, 0.4) is 0 Å². The fraction of sp³-hybridized carbons (Fsp3) is 0.500. The topological polar surface area (TPSA) is 61.4 Å². The predicted molar refractivity (Wildman–Crippen MR) is 79.1 cm³/mol. The molecule has 2 amide bonds. The van der Waals surface area contributed by atoms with Gasteiger partial charge in [0.25, 0.3) is 0 Å². The number of amides is 2. The number of nitrogens with one attached hydrogen (secondary N) is 2. The zero-order chi connectivity index (χ0) is 13.9. The number of rotatable bonds is 3. The molecule has 1 aromatic rings. The van der Waals surface area contributed by atoms with Gasteiger partial charge in [0, 0.05) is 21.6 Å². The molecule has 1 aliphatic rings. The van der Waals surface area contributed by atoms with E-state index in [0.717, 1.165) is 29.4 Å². The summed E-state index contributed by atoms with van der Waals surface area (Å²) in [7, 11) is 0. The Bertz CT molecular complexity index is 449. The molecule has 2 unspecified atom stereocenters. The van der Waals surface area contributed by atoms with E-state index in [4.69, 9.17) is 0 Å². The van der Waals surface area contributed by atoms with Crippen molar-refractivity contribution in [1.29, 1.82) is 0 Å². The molecule has 0 heterocycles. The summed E-state index contributed by atoms with van der Waals surface area (Å²) in [4.78, 5) is 11.9. The average molecular weight is 327 g/mol. The van der Waals surface area contributed by atoms with Gasteiger partial charge in [0.1, 0.15) is 0 Å². The zero-order valence-corrected chi connectivity index (χ0v) is 12.5. The Kier molecular flexibility index (Phi) is 4.47. The molecule has 0 aliphatic heterocycles. The second kappa shape index (κ2) is 5.92. The van der Waals surface area contributed by atoms with Crippen LogP contribution in [0.5, 0.6) is 0 Å². The van der Waals surface area contributed by atoms with Crippen LogP contribution in [0.15, 0.2) is 28.7 Å². The second-order valence-electron chi connectivity index (χ2n) is 5.36. The third-order valence-corrected chi connectivity index (χ3v) is 4.38. The molecule has 1 fully saturated rings. The lowest BCUT2D eigenvalue weighted by Gasteiger charge is -2.30. The van der Waals surface area contributed by atoms with Gasteiger partial charge in [0.15, 0.2) is 0 Å². The molecule has 1 aliphatic carbocycles. The predicted octanol–water partition coefficient (Wildman–Crippen LogP) is 3.12. The summed E-state index contributed by atoms with van der Waals surface area (Å²) in [6, 6.07) is 7.25. The van der Waals surface area contributed by atoms with Crippen molar-refractivity contribution in [2.75, 3.05) is 11.9 Å². The molecule has 19 heavy (non-hydrogen) atoms. The molecule has 5 heteroatoms. The quantitative estimate of drug-likeness (QED) is 0.799. The van der Waals surface area contributed by atoms with Gasteiger partial charge in [-0.3, -0.25) is 0 Å². The molecule has 104 valence electrons. The number of halogens is 1. The van der Waals surface area contributed by atoms with Crippen LogP contribution in [0.2, 0.25) is 0 Å². The fourth-order valence-electron chi connectivity index (χ4n) is 2.53. The number of carbonyl (C=O) groups is 1. The number of aliphatic hydroxyl groups is 1. The second-order valence-corrected chi connectivity index (χ2v) is 6.28. The van der Waals surface area contributed by atoms with Crippen LogP contribution in [-0.2, 0) is 0 Å². The molecule has 0 spiro atoms. The lowest BCUT2D eigenvalue weighted by Crippen LogP contribution is -2.46. The maximum atomic E-state index is 11.9. The fourth-order valence-corrected chi connectivity index (χ4v) is 2.79. The Morgan fingerprint density at radius 1 is 1.47 bits per heavy atom. The SMILES string of the molecule is CC1(CO)CCCC1NC(=O)Nc1ccc(Br)cc1. The van der Waals surface area contributed by atoms with Crippen molar-refractivity contribution in [2.24, 2.45) is 5.41 Å². The molecule has 1 saturated carbocycles. The highest BCUT2D eigenvalue weighted by molar-refractivity contribution is 9.10. The van der Waals surface area contributed by atoms with Gasteiger partial charge in [0.05, 0.1) is 6.61 Å². The van der Waals surface area contributed by atoms with Crippen LogP contribution in [0.4, 0.5) is 10.5 Å². The van der Waals surface area contributed by atoms with Crippen LogP contribution >= 0.6 is 15.9 Å². The molecule has 2 rings (SSSR count). The van der Waals surface area contributed by atoms with Crippen molar-refractivity contribution in [2.45, 2.75) is 32.2 Å². The van der Waals surface area contributed by atoms with Gasteiger partial charge < -0.3 is 15.7 Å². The number of carbonyl (C=O) groups excluding carboxylic acids is 1.